The van der Waals surface area contributed by atoms with E-state index in [-0.39, 0.29) is 5.78 Å². The van der Waals surface area contributed by atoms with Gasteiger partial charge in [0.2, 0.25) is 0 Å². The summed E-state index contributed by atoms with van der Waals surface area (Å²) < 4.78 is 11.0. The molecule has 5 nitrogen and oxygen atoms in total. The molecule has 3 aromatic carbocycles. The predicted molar refractivity (Wildman–Crippen MR) is 135 cm³/mol. The van der Waals surface area contributed by atoms with Crippen molar-refractivity contribution in [2.45, 2.75) is 26.4 Å². The van der Waals surface area contributed by atoms with Crippen molar-refractivity contribution in [3.8, 4) is 5.75 Å². The zero-order valence-electron chi connectivity index (χ0n) is 19.6. The van der Waals surface area contributed by atoms with Gasteiger partial charge in [0.15, 0.2) is 5.78 Å². The molecule has 0 saturated carbocycles. The van der Waals surface area contributed by atoms with Crippen LogP contribution in [0.25, 0.3) is 5.70 Å². The molecule has 1 heterocycles. The van der Waals surface area contributed by atoms with Crippen molar-refractivity contribution in [3.63, 3.8) is 0 Å². The van der Waals surface area contributed by atoms with Crippen LogP contribution in [-0.2, 0) is 16.1 Å². The largest absolute Gasteiger partial charge is 0.487 e. The summed E-state index contributed by atoms with van der Waals surface area (Å²) in [7, 11) is 1.34. The number of halogens is 1. The molecule has 0 radical (unpaired) electrons. The molecule has 5 rings (SSSR count). The maximum atomic E-state index is 13.5. The molecular weight excluding hydrogens is 462 g/mol. The molecule has 176 valence electrons. The third-order valence-electron chi connectivity index (χ3n) is 6.46. The zero-order chi connectivity index (χ0) is 24.7. The van der Waals surface area contributed by atoms with Gasteiger partial charge in [-0.25, -0.2) is 4.79 Å². The first-order valence-electron chi connectivity index (χ1n) is 11.3. The molecule has 0 bridgehead atoms. The van der Waals surface area contributed by atoms with Crippen LogP contribution in [0.4, 0.5) is 0 Å². The van der Waals surface area contributed by atoms with Crippen molar-refractivity contribution in [1.82, 2.24) is 5.32 Å². The fraction of sp³-hybridized carbons (Fsp3) is 0.172. The minimum Gasteiger partial charge on any atom is -0.487 e. The molecule has 1 atom stereocenters. The number of nitrogens with one attached hydrogen (secondary N) is 1. The van der Waals surface area contributed by atoms with Gasteiger partial charge in [0.25, 0.3) is 0 Å². The second kappa shape index (κ2) is 9.08. The van der Waals surface area contributed by atoms with Gasteiger partial charge in [0, 0.05) is 28.3 Å². The third kappa shape index (κ3) is 4.02. The number of allylic oxidation sites excluding steroid dienone is 2. The van der Waals surface area contributed by atoms with Gasteiger partial charge in [-0.2, -0.15) is 0 Å². The molecule has 1 aliphatic heterocycles. The minimum absolute atomic E-state index is 0.113. The van der Waals surface area contributed by atoms with Crippen LogP contribution < -0.4 is 10.1 Å². The molecular formula is C29H24ClNO4. The van der Waals surface area contributed by atoms with Crippen LogP contribution >= 0.6 is 11.6 Å². The number of methoxy groups -OCH3 is 1. The maximum absolute atomic E-state index is 13.5. The van der Waals surface area contributed by atoms with Crippen LogP contribution in [0.3, 0.4) is 0 Å². The Labute approximate surface area is 209 Å². The van der Waals surface area contributed by atoms with Crippen molar-refractivity contribution in [3.05, 3.63) is 116 Å². The Morgan fingerprint density at radius 2 is 1.71 bits per heavy atom. The number of benzene rings is 3. The first-order valence-corrected chi connectivity index (χ1v) is 11.7. The highest BCUT2D eigenvalue weighted by atomic mass is 35.5. The number of aryl methyl sites for hydroxylation is 1. The van der Waals surface area contributed by atoms with E-state index in [2.05, 4.69) is 5.32 Å². The average Bonchev–Trinajstić information content (AvgIpc) is 3.14. The number of ether oxygens (including phenoxy) is 2. The summed E-state index contributed by atoms with van der Waals surface area (Å²) in [4.78, 5) is 26.3. The topological polar surface area (TPSA) is 64.6 Å². The quantitative estimate of drug-likeness (QED) is 0.451. The highest BCUT2D eigenvalue weighted by Gasteiger charge is 2.42. The molecule has 6 heteroatoms. The number of fused-ring (bicyclic) bond motifs is 2. The number of dihydropyridines is 1. The van der Waals surface area contributed by atoms with Gasteiger partial charge >= 0.3 is 5.97 Å². The molecule has 0 saturated heterocycles. The number of esters is 1. The van der Waals surface area contributed by atoms with E-state index in [1.807, 2.05) is 62.4 Å². The highest BCUT2D eigenvalue weighted by Crippen LogP contribution is 2.47. The summed E-state index contributed by atoms with van der Waals surface area (Å²) in [6, 6.07) is 20.9. The maximum Gasteiger partial charge on any atom is 0.336 e. The van der Waals surface area contributed by atoms with E-state index in [9.17, 15) is 9.59 Å². The second-order valence-corrected chi connectivity index (χ2v) is 9.12. The Kier molecular flexibility index (Phi) is 5.95. The highest BCUT2D eigenvalue weighted by molar-refractivity contribution is 6.32. The summed E-state index contributed by atoms with van der Waals surface area (Å²) in [5, 5.41) is 3.68. The lowest BCUT2D eigenvalue weighted by Gasteiger charge is -2.29. The first kappa shape index (κ1) is 22.9. The molecule has 0 fully saturated rings. The van der Waals surface area contributed by atoms with E-state index < -0.39 is 11.9 Å². The standard InChI is InChI=1S/C29H24ClNO4/c1-16-8-10-18(11-9-16)15-35-23-13-12-19(14-22(23)30)25-24(29(33)34-3)17(2)31-27-20-6-4-5-7-21(20)28(32)26(25)27/h4-14,25,31H,15H2,1-3H3/t25-/m0/s1. The lowest BCUT2D eigenvalue weighted by Crippen LogP contribution is -2.29. The second-order valence-electron chi connectivity index (χ2n) is 8.72. The summed E-state index contributed by atoms with van der Waals surface area (Å²) in [6.07, 6.45) is 0. The van der Waals surface area contributed by atoms with Gasteiger partial charge < -0.3 is 14.8 Å². The van der Waals surface area contributed by atoms with E-state index in [0.717, 1.165) is 16.8 Å². The molecule has 0 spiro atoms. The first-order chi connectivity index (χ1) is 16.9. The number of rotatable bonds is 5. The Morgan fingerprint density at radius 3 is 2.40 bits per heavy atom. The van der Waals surface area contributed by atoms with Gasteiger partial charge in [-0.3, -0.25) is 4.79 Å². The SMILES string of the molecule is COC(=O)C1=C(C)NC2=C(C(=O)c3ccccc32)[C@H]1c1ccc(OCc2ccc(C)cc2)c(Cl)c1. The van der Waals surface area contributed by atoms with Crippen molar-refractivity contribution < 1.29 is 19.1 Å². The van der Waals surface area contributed by atoms with Crippen LogP contribution in [-0.4, -0.2) is 18.9 Å². The fourth-order valence-corrected chi connectivity index (χ4v) is 4.95. The van der Waals surface area contributed by atoms with Gasteiger partial charge in [0.05, 0.1) is 23.4 Å². The van der Waals surface area contributed by atoms with Gasteiger partial charge in [-0.15, -0.1) is 0 Å². The lowest BCUT2D eigenvalue weighted by atomic mass is 9.80. The normalized spacial score (nSPS) is 16.6. The molecule has 0 aromatic heterocycles. The number of carbonyl (C=O) groups is 2. The molecule has 1 aliphatic carbocycles. The number of hydrogen-bond acceptors (Lipinski definition) is 5. The van der Waals surface area contributed by atoms with Crippen molar-refractivity contribution in [2.24, 2.45) is 0 Å². The van der Waals surface area contributed by atoms with E-state index in [4.69, 9.17) is 21.1 Å². The smallest absolute Gasteiger partial charge is 0.336 e. The summed E-state index contributed by atoms with van der Waals surface area (Å²) in [5.74, 6) is -0.702. The molecule has 0 amide bonds. The fourth-order valence-electron chi connectivity index (χ4n) is 4.70. The minimum atomic E-state index is -0.623. The van der Waals surface area contributed by atoms with Crippen LogP contribution in [0, 0.1) is 6.92 Å². The van der Waals surface area contributed by atoms with Crippen molar-refractivity contribution in [2.75, 3.05) is 7.11 Å². The number of carbonyl (C=O) groups excluding carboxylic acids is 2. The lowest BCUT2D eigenvalue weighted by molar-refractivity contribution is -0.136. The van der Waals surface area contributed by atoms with Gasteiger partial charge in [-0.05, 0) is 37.1 Å². The number of Topliss-reactive ketones (excluding diaryl/α,β-unsaturated/α-hetero) is 1. The zero-order valence-corrected chi connectivity index (χ0v) is 20.4. The third-order valence-corrected chi connectivity index (χ3v) is 6.75. The van der Waals surface area contributed by atoms with Gasteiger partial charge in [0.1, 0.15) is 12.4 Å². The van der Waals surface area contributed by atoms with Crippen molar-refractivity contribution >= 4 is 29.1 Å². The molecule has 1 N–H and O–H groups in total. The Balaban J connectivity index is 1.53. The van der Waals surface area contributed by atoms with Crippen LogP contribution in [0.1, 0.15) is 45.5 Å². The summed E-state index contributed by atoms with van der Waals surface area (Å²) >= 11 is 6.63. The molecule has 0 unspecified atom stereocenters. The predicted octanol–water partition coefficient (Wildman–Crippen LogP) is 5.97. The van der Waals surface area contributed by atoms with E-state index in [1.54, 1.807) is 18.2 Å². The summed E-state index contributed by atoms with van der Waals surface area (Å²) in [6.45, 7) is 4.23. The average molecular weight is 486 g/mol. The summed E-state index contributed by atoms with van der Waals surface area (Å²) in [5.41, 5.74) is 6.62. The van der Waals surface area contributed by atoms with E-state index >= 15 is 0 Å². The Bertz CT molecular complexity index is 1420. The number of hydrogen-bond donors (Lipinski definition) is 1. The van der Waals surface area contributed by atoms with Crippen LogP contribution in [0.5, 0.6) is 5.75 Å². The van der Waals surface area contributed by atoms with Crippen molar-refractivity contribution in [1.29, 1.82) is 0 Å². The van der Waals surface area contributed by atoms with Crippen LogP contribution in [0.15, 0.2) is 83.6 Å². The van der Waals surface area contributed by atoms with E-state index in [0.29, 0.717) is 45.3 Å². The molecule has 3 aromatic rings. The molecule has 2 aliphatic rings. The van der Waals surface area contributed by atoms with Gasteiger partial charge in [-0.1, -0.05) is 71.8 Å². The molecule has 35 heavy (non-hydrogen) atoms. The monoisotopic (exact) mass is 485 g/mol. The van der Waals surface area contributed by atoms with E-state index in [1.165, 1.54) is 12.7 Å². The Hall–Kier alpha value is -3.83. The Morgan fingerprint density at radius 1 is 1.00 bits per heavy atom. The number of ketones is 1. The van der Waals surface area contributed by atoms with Crippen LogP contribution in [0.2, 0.25) is 5.02 Å².